The van der Waals surface area contributed by atoms with E-state index in [1.54, 1.807) is 11.6 Å². The monoisotopic (exact) mass is 478 g/mol. The Morgan fingerprint density at radius 2 is 1.76 bits per heavy atom. The third kappa shape index (κ3) is 5.65. The normalized spacial score (nSPS) is 14.5. The van der Waals surface area contributed by atoms with E-state index in [-0.39, 0.29) is 11.3 Å². The number of aromatic amines is 1. The molecule has 1 aromatic carbocycles. The first-order valence-corrected chi connectivity index (χ1v) is 11.2. The molecule has 0 bridgehead atoms. The summed E-state index contributed by atoms with van der Waals surface area (Å²) in [6.07, 6.45) is -3.15. The summed E-state index contributed by atoms with van der Waals surface area (Å²) in [5, 5.41) is 10.6. The van der Waals surface area contributed by atoms with Gasteiger partial charge < -0.3 is 15.6 Å². The minimum absolute atomic E-state index is 0.137. The number of carbonyl (C=O) groups excluding carboxylic acids is 1. The number of anilines is 1. The maximum absolute atomic E-state index is 13.0. The van der Waals surface area contributed by atoms with E-state index in [0.717, 1.165) is 57.0 Å². The molecule has 8 nitrogen and oxygen atoms in total. The lowest BCUT2D eigenvalue weighted by atomic mass is 10.1. The molecule has 0 spiro atoms. The number of halogens is 3. The van der Waals surface area contributed by atoms with Gasteiger partial charge in [0.2, 0.25) is 5.43 Å². The molecule has 4 rings (SSSR count). The number of aryl methyl sites for hydroxylation is 1. The summed E-state index contributed by atoms with van der Waals surface area (Å²) in [5.41, 5.74) is -0.236. The first-order chi connectivity index (χ1) is 16.2. The van der Waals surface area contributed by atoms with Crippen LogP contribution in [-0.2, 0) is 12.7 Å². The molecule has 0 aliphatic carbocycles. The number of piperazine rings is 1. The smallest absolute Gasteiger partial charge is 0.345 e. The van der Waals surface area contributed by atoms with E-state index < -0.39 is 23.1 Å². The summed E-state index contributed by atoms with van der Waals surface area (Å²) in [4.78, 5) is 30.9. The number of aromatic nitrogens is 3. The van der Waals surface area contributed by atoms with Crippen LogP contribution in [0.2, 0.25) is 0 Å². The van der Waals surface area contributed by atoms with Crippen LogP contribution in [0.1, 0.15) is 35.5 Å². The number of amides is 1. The topological polar surface area (TPSA) is 95.1 Å². The van der Waals surface area contributed by atoms with E-state index in [0.29, 0.717) is 23.3 Å². The molecule has 3 heterocycles. The summed E-state index contributed by atoms with van der Waals surface area (Å²) in [6, 6.07) is 4.03. The SMILES string of the molecule is CC.Cc1nn(CCN2CCNCC2)c2[nH]cc(C(=O)Nc3ccc(C(F)(F)F)cc3)c(=O)c12. The lowest BCUT2D eigenvalue weighted by Crippen LogP contribution is -2.44. The van der Waals surface area contributed by atoms with Crippen LogP contribution in [-0.4, -0.2) is 58.3 Å². The van der Waals surface area contributed by atoms with E-state index in [1.807, 2.05) is 13.8 Å². The van der Waals surface area contributed by atoms with Crippen LogP contribution in [0, 0.1) is 6.92 Å². The Morgan fingerprint density at radius 3 is 2.38 bits per heavy atom. The molecule has 3 aromatic rings. The number of benzene rings is 1. The van der Waals surface area contributed by atoms with Crippen molar-refractivity contribution in [3.05, 3.63) is 57.5 Å². The van der Waals surface area contributed by atoms with Gasteiger partial charge in [0.05, 0.1) is 23.2 Å². The van der Waals surface area contributed by atoms with Gasteiger partial charge in [-0.1, -0.05) is 13.8 Å². The minimum atomic E-state index is -4.46. The van der Waals surface area contributed by atoms with Crippen molar-refractivity contribution >= 4 is 22.6 Å². The highest BCUT2D eigenvalue weighted by molar-refractivity contribution is 6.05. The highest BCUT2D eigenvalue weighted by Crippen LogP contribution is 2.29. The van der Waals surface area contributed by atoms with Crippen molar-refractivity contribution in [1.82, 2.24) is 25.0 Å². The summed E-state index contributed by atoms with van der Waals surface area (Å²) in [7, 11) is 0. The zero-order valence-electron chi connectivity index (χ0n) is 19.4. The van der Waals surface area contributed by atoms with E-state index in [9.17, 15) is 22.8 Å². The van der Waals surface area contributed by atoms with E-state index >= 15 is 0 Å². The van der Waals surface area contributed by atoms with Crippen LogP contribution in [0.3, 0.4) is 0 Å². The van der Waals surface area contributed by atoms with Gasteiger partial charge in [0.1, 0.15) is 11.2 Å². The average Bonchev–Trinajstić information content (AvgIpc) is 3.15. The second-order valence-corrected chi connectivity index (χ2v) is 7.68. The van der Waals surface area contributed by atoms with Crippen molar-refractivity contribution in [3.63, 3.8) is 0 Å². The molecule has 0 unspecified atom stereocenters. The lowest BCUT2D eigenvalue weighted by molar-refractivity contribution is -0.137. The molecule has 2 aromatic heterocycles. The maximum atomic E-state index is 13.0. The zero-order valence-corrected chi connectivity index (χ0v) is 19.4. The van der Waals surface area contributed by atoms with Crippen molar-refractivity contribution < 1.29 is 18.0 Å². The van der Waals surface area contributed by atoms with Gasteiger partial charge in [-0.15, -0.1) is 0 Å². The third-order valence-electron chi connectivity index (χ3n) is 5.50. The summed E-state index contributed by atoms with van der Waals surface area (Å²) in [5.74, 6) is -0.708. The Bertz CT molecular complexity index is 1180. The second-order valence-electron chi connectivity index (χ2n) is 7.68. The molecule has 11 heteroatoms. The number of rotatable bonds is 5. The van der Waals surface area contributed by atoms with Gasteiger partial charge in [-0.3, -0.25) is 14.5 Å². The molecule has 0 radical (unpaired) electrons. The van der Waals surface area contributed by atoms with Crippen LogP contribution in [0.15, 0.2) is 35.3 Å². The van der Waals surface area contributed by atoms with Gasteiger partial charge in [-0.2, -0.15) is 18.3 Å². The van der Waals surface area contributed by atoms with Gasteiger partial charge in [-0.05, 0) is 31.2 Å². The Hall–Kier alpha value is -3.18. The van der Waals surface area contributed by atoms with E-state index in [1.165, 1.54) is 6.20 Å². The standard InChI is InChI=1S/C21H23F3N6O2.C2H6/c1-13-17-18(31)16(20(32)27-15-4-2-14(3-5-15)21(22,23)24)12-26-19(17)30(28-13)11-10-29-8-6-25-7-9-29;1-2/h2-5,12,25H,6-11H2,1H3,(H,26,31)(H,27,32);1-2H3. The Labute approximate surface area is 195 Å². The first kappa shape index (κ1) is 25.4. The lowest BCUT2D eigenvalue weighted by Gasteiger charge is -2.26. The number of pyridine rings is 1. The van der Waals surface area contributed by atoms with Crippen molar-refractivity contribution in [3.8, 4) is 0 Å². The molecule has 1 saturated heterocycles. The maximum Gasteiger partial charge on any atom is 0.416 e. The molecule has 1 aliphatic rings. The van der Waals surface area contributed by atoms with Gasteiger partial charge in [0.15, 0.2) is 0 Å². The predicted octanol–water partition coefficient (Wildman–Crippen LogP) is 3.24. The number of carbonyl (C=O) groups is 1. The highest BCUT2D eigenvalue weighted by atomic mass is 19.4. The minimum Gasteiger partial charge on any atom is -0.345 e. The summed E-state index contributed by atoms with van der Waals surface area (Å²) in [6.45, 7) is 10.9. The van der Waals surface area contributed by atoms with Crippen molar-refractivity contribution in [2.75, 3.05) is 38.0 Å². The van der Waals surface area contributed by atoms with Crippen LogP contribution in [0.4, 0.5) is 18.9 Å². The highest BCUT2D eigenvalue weighted by Gasteiger charge is 2.30. The fourth-order valence-electron chi connectivity index (χ4n) is 3.78. The van der Waals surface area contributed by atoms with Crippen LogP contribution < -0.4 is 16.1 Å². The fraction of sp³-hybridized carbons (Fsp3) is 0.435. The van der Waals surface area contributed by atoms with Gasteiger partial charge in [0, 0.05) is 44.6 Å². The van der Waals surface area contributed by atoms with Crippen molar-refractivity contribution in [1.29, 1.82) is 0 Å². The number of nitrogens with one attached hydrogen (secondary N) is 3. The number of alkyl halides is 3. The zero-order chi connectivity index (χ0) is 24.9. The molecular weight excluding hydrogens is 449 g/mol. The van der Waals surface area contributed by atoms with E-state index in [4.69, 9.17) is 0 Å². The number of nitrogens with zero attached hydrogens (tertiary/aromatic N) is 3. The van der Waals surface area contributed by atoms with Crippen molar-refractivity contribution in [2.24, 2.45) is 0 Å². The molecular formula is C23H29F3N6O2. The van der Waals surface area contributed by atoms with E-state index in [2.05, 4.69) is 25.6 Å². The Morgan fingerprint density at radius 1 is 1.12 bits per heavy atom. The fourth-order valence-corrected chi connectivity index (χ4v) is 3.78. The number of hydrogen-bond acceptors (Lipinski definition) is 5. The van der Waals surface area contributed by atoms with Crippen LogP contribution in [0.5, 0.6) is 0 Å². The molecule has 0 atom stereocenters. The summed E-state index contributed by atoms with van der Waals surface area (Å²) < 4.78 is 39.8. The van der Waals surface area contributed by atoms with Crippen LogP contribution in [0.25, 0.3) is 11.0 Å². The number of hydrogen-bond donors (Lipinski definition) is 3. The molecule has 34 heavy (non-hydrogen) atoms. The third-order valence-corrected chi connectivity index (χ3v) is 5.50. The van der Waals surface area contributed by atoms with Crippen molar-refractivity contribution in [2.45, 2.75) is 33.5 Å². The van der Waals surface area contributed by atoms with Gasteiger partial charge in [0.25, 0.3) is 5.91 Å². The molecule has 1 aliphatic heterocycles. The number of fused-ring (bicyclic) bond motifs is 1. The van der Waals surface area contributed by atoms with Gasteiger partial charge >= 0.3 is 6.18 Å². The first-order valence-electron chi connectivity index (χ1n) is 11.2. The largest absolute Gasteiger partial charge is 0.416 e. The quantitative estimate of drug-likeness (QED) is 0.524. The molecule has 3 N–H and O–H groups in total. The second kappa shape index (κ2) is 10.8. The molecule has 1 amide bonds. The molecule has 1 fully saturated rings. The van der Waals surface area contributed by atoms with Gasteiger partial charge in [-0.25, -0.2) is 4.68 Å². The average molecular weight is 479 g/mol. The Balaban J connectivity index is 0.00000158. The Kier molecular flexibility index (Phi) is 8.11. The van der Waals surface area contributed by atoms with Crippen LogP contribution >= 0.6 is 0 Å². The molecule has 184 valence electrons. The summed E-state index contributed by atoms with van der Waals surface area (Å²) >= 11 is 0. The molecule has 0 saturated carbocycles. The number of H-pyrrole nitrogens is 1. The predicted molar refractivity (Wildman–Crippen MR) is 125 cm³/mol.